The molecule has 0 bridgehead atoms. The maximum atomic E-state index is 12.9. The Bertz CT molecular complexity index is 1090. The molecule has 4 atom stereocenters. The van der Waals surface area contributed by atoms with Crippen molar-refractivity contribution in [3.8, 4) is 5.75 Å². The number of ether oxygens (including phenoxy) is 2. The molecule has 0 aliphatic heterocycles. The molecular formula is C29H33NO3. The lowest BCUT2D eigenvalue weighted by atomic mass is 9.61. The molecule has 5 rings (SSSR count). The molecule has 4 nitrogen and oxygen atoms in total. The normalized spacial score (nSPS) is 23.5. The number of rotatable bonds is 6. The lowest BCUT2D eigenvalue weighted by Crippen LogP contribution is -2.37. The van der Waals surface area contributed by atoms with E-state index in [0.717, 1.165) is 40.2 Å². The van der Waals surface area contributed by atoms with Gasteiger partial charge in [-0.05, 0) is 60.4 Å². The Kier molecular flexibility index (Phi) is 6.61. The topological polar surface area (TPSA) is 48.4 Å². The lowest BCUT2D eigenvalue weighted by Gasteiger charge is -2.44. The van der Waals surface area contributed by atoms with Gasteiger partial charge in [0.15, 0.2) is 0 Å². The molecule has 1 heterocycles. The van der Waals surface area contributed by atoms with E-state index in [0.29, 0.717) is 18.4 Å². The number of hydrogen-bond donors (Lipinski definition) is 0. The number of benzene rings is 2. The highest BCUT2D eigenvalue weighted by atomic mass is 16.5. The fourth-order valence-corrected chi connectivity index (χ4v) is 6.20. The van der Waals surface area contributed by atoms with Crippen LogP contribution < -0.4 is 4.74 Å². The second kappa shape index (κ2) is 9.94. The quantitative estimate of drug-likeness (QED) is 0.399. The minimum absolute atomic E-state index is 0.0970. The molecule has 2 fully saturated rings. The van der Waals surface area contributed by atoms with Gasteiger partial charge in [-0.3, -0.25) is 4.79 Å². The van der Waals surface area contributed by atoms with Crippen LogP contribution in [0.1, 0.15) is 62.1 Å². The summed E-state index contributed by atoms with van der Waals surface area (Å²) in [6, 6.07) is 20.2. The van der Waals surface area contributed by atoms with E-state index < -0.39 is 0 Å². The summed E-state index contributed by atoms with van der Waals surface area (Å²) in [4.78, 5) is 17.6. The van der Waals surface area contributed by atoms with Gasteiger partial charge in [-0.2, -0.15) is 0 Å². The molecular weight excluding hydrogens is 410 g/mol. The summed E-state index contributed by atoms with van der Waals surface area (Å²) in [7, 11) is 1.52. The average molecular weight is 444 g/mol. The maximum absolute atomic E-state index is 12.9. The Labute approximate surface area is 196 Å². The molecule has 0 saturated heterocycles. The number of carbonyl (C=O) groups is 1. The second-order valence-corrected chi connectivity index (χ2v) is 9.66. The first-order valence-corrected chi connectivity index (χ1v) is 12.4. The Hall–Kier alpha value is -2.88. The molecule has 2 aromatic carbocycles. The highest BCUT2D eigenvalue weighted by molar-refractivity contribution is 5.79. The minimum Gasteiger partial charge on any atom is -0.487 e. The number of methoxy groups -OCH3 is 1. The summed E-state index contributed by atoms with van der Waals surface area (Å²) < 4.78 is 11.3. The lowest BCUT2D eigenvalue weighted by molar-refractivity contribution is -0.145. The van der Waals surface area contributed by atoms with Gasteiger partial charge in [0, 0.05) is 5.39 Å². The van der Waals surface area contributed by atoms with Crippen molar-refractivity contribution in [1.82, 2.24) is 4.98 Å². The van der Waals surface area contributed by atoms with Crippen LogP contribution in [0.4, 0.5) is 0 Å². The maximum Gasteiger partial charge on any atom is 0.313 e. The summed E-state index contributed by atoms with van der Waals surface area (Å²) >= 11 is 0. The van der Waals surface area contributed by atoms with Crippen LogP contribution in [0.15, 0.2) is 60.7 Å². The Morgan fingerprint density at radius 1 is 0.939 bits per heavy atom. The van der Waals surface area contributed by atoms with Crippen molar-refractivity contribution in [1.29, 1.82) is 0 Å². The van der Waals surface area contributed by atoms with E-state index >= 15 is 0 Å². The Morgan fingerprint density at radius 2 is 1.73 bits per heavy atom. The van der Waals surface area contributed by atoms with Crippen LogP contribution >= 0.6 is 0 Å². The molecule has 2 aliphatic carbocycles. The smallest absolute Gasteiger partial charge is 0.313 e. The molecule has 2 aliphatic rings. The first-order valence-electron chi connectivity index (χ1n) is 12.4. The molecule has 3 aromatic rings. The van der Waals surface area contributed by atoms with E-state index in [2.05, 4.69) is 29.2 Å². The van der Waals surface area contributed by atoms with E-state index in [1.807, 2.05) is 36.4 Å². The van der Waals surface area contributed by atoms with E-state index in [1.165, 1.54) is 45.6 Å². The number of aromatic nitrogens is 1. The third-order valence-corrected chi connectivity index (χ3v) is 7.80. The monoisotopic (exact) mass is 443 g/mol. The average Bonchev–Trinajstić information content (AvgIpc) is 2.88. The zero-order valence-corrected chi connectivity index (χ0v) is 19.4. The van der Waals surface area contributed by atoms with Crippen molar-refractivity contribution < 1.29 is 14.3 Å². The third-order valence-electron chi connectivity index (χ3n) is 7.80. The summed E-state index contributed by atoms with van der Waals surface area (Å²) in [6.45, 7) is 0.414. The van der Waals surface area contributed by atoms with Crippen molar-refractivity contribution in [2.45, 2.75) is 57.5 Å². The van der Waals surface area contributed by atoms with E-state index in [9.17, 15) is 4.79 Å². The van der Waals surface area contributed by atoms with Crippen LogP contribution in [0.3, 0.4) is 0 Å². The molecule has 2 saturated carbocycles. The molecule has 0 N–H and O–H groups in total. The summed E-state index contributed by atoms with van der Waals surface area (Å²) in [5.74, 6) is 2.31. The zero-order chi connectivity index (χ0) is 22.6. The van der Waals surface area contributed by atoms with Gasteiger partial charge in [0.1, 0.15) is 12.4 Å². The molecule has 0 spiro atoms. The molecule has 4 heteroatoms. The largest absolute Gasteiger partial charge is 0.487 e. The highest BCUT2D eigenvalue weighted by Crippen LogP contribution is 2.49. The van der Waals surface area contributed by atoms with Crippen LogP contribution in [0, 0.1) is 17.8 Å². The summed E-state index contributed by atoms with van der Waals surface area (Å²) in [6.07, 6.45) is 8.88. The van der Waals surface area contributed by atoms with Gasteiger partial charge in [0.05, 0.1) is 24.2 Å². The summed E-state index contributed by atoms with van der Waals surface area (Å²) in [5, 5.41) is 1.13. The molecule has 172 valence electrons. The van der Waals surface area contributed by atoms with Crippen molar-refractivity contribution in [2.75, 3.05) is 7.11 Å². The van der Waals surface area contributed by atoms with Gasteiger partial charge < -0.3 is 9.47 Å². The van der Waals surface area contributed by atoms with Gasteiger partial charge in [-0.25, -0.2) is 4.98 Å². The van der Waals surface area contributed by atoms with Crippen LogP contribution in [-0.4, -0.2) is 18.1 Å². The number of para-hydroxylation sites is 1. The van der Waals surface area contributed by atoms with Crippen molar-refractivity contribution in [3.63, 3.8) is 0 Å². The Balaban J connectivity index is 1.31. The highest BCUT2D eigenvalue weighted by Gasteiger charge is 2.42. The molecule has 4 unspecified atom stereocenters. The summed E-state index contributed by atoms with van der Waals surface area (Å²) in [5.41, 5.74) is 2.92. The van der Waals surface area contributed by atoms with E-state index in [4.69, 9.17) is 9.47 Å². The van der Waals surface area contributed by atoms with Gasteiger partial charge in [-0.15, -0.1) is 0 Å². The molecule has 0 radical (unpaired) electrons. The van der Waals surface area contributed by atoms with Crippen LogP contribution in [0.2, 0.25) is 0 Å². The van der Waals surface area contributed by atoms with Crippen molar-refractivity contribution >= 4 is 16.9 Å². The van der Waals surface area contributed by atoms with Crippen LogP contribution in [0.25, 0.3) is 10.9 Å². The fraction of sp³-hybridized carbons (Fsp3) is 0.448. The predicted molar refractivity (Wildman–Crippen MR) is 130 cm³/mol. The van der Waals surface area contributed by atoms with E-state index in [-0.39, 0.29) is 11.9 Å². The van der Waals surface area contributed by atoms with Gasteiger partial charge in [0.25, 0.3) is 0 Å². The number of nitrogens with zero attached hydrogens (tertiary/aromatic N) is 1. The number of pyridine rings is 1. The van der Waals surface area contributed by atoms with Crippen LogP contribution in [0.5, 0.6) is 5.75 Å². The fourth-order valence-electron chi connectivity index (χ4n) is 6.20. The Morgan fingerprint density at radius 3 is 2.58 bits per heavy atom. The third kappa shape index (κ3) is 4.75. The van der Waals surface area contributed by atoms with Gasteiger partial charge in [-0.1, -0.05) is 68.5 Å². The van der Waals surface area contributed by atoms with Crippen molar-refractivity contribution in [3.05, 3.63) is 71.9 Å². The molecule has 0 amide bonds. The number of fused-ring (bicyclic) bond motifs is 2. The number of esters is 1. The predicted octanol–water partition coefficient (Wildman–Crippen LogP) is 6.68. The zero-order valence-electron chi connectivity index (χ0n) is 19.4. The van der Waals surface area contributed by atoms with Crippen LogP contribution in [-0.2, 0) is 16.1 Å². The second-order valence-electron chi connectivity index (χ2n) is 9.66. The van der Waals surface area contributed by atoms with Gasteiger partial charge >= 0.3 is 5.97 Å². The van der Waals surface area contributed by atoms with Crippen molar-refractivity contribution in [2.24, 2.45) is 17.8 Å². The number of carbonyl (C=O) groups excluding carboxylic acids is 1. The first kappa shape index (κ1) is 21.9. The number of hydrogen-bond acceptors (Lipinski definition) is 4. The SMILES string of the molecule is COC(=O)C(c1ccc(OCc2ccc3ccccc3n2)cc1)C1CCCC2CCCCC21. The molecule has 1 aromatic heterocycles. The standard InChI is InChI=1S/C29H33NO3/c1-32-29(31)28(26-11-6-9-20-7-2-4-10-25(20)26)22-14-17-24(18-15-22)33-19-23-16-13-21-8-3-5-12-27(21)30-23/h3,5,8,12-18,20,25-26,28H,2,4,6-7,9-11,19H2,1H3. The molecule has 33 heavy (non-hydrogen) atoms. The van der Waals surface area contributed by atoms with E-state index in [1.54, 1.807) is 0 Å². The minimum atomic E-state index is -0.183. The first-order chi connectivity index (χ1) is 16.2. The van der Waals surface area contributed by atoms with Gasteiger partial charge in [0.2, 0.25) is 0 Å².